The van der Waals surface area contributed by atoms with Crippen LogP contribution in [0.2, 0.25) is 0 Å². The summed E-state index contributed by atoms with van der Waals surface area (Å²) in [5, 5.41) is 0. The Kier molecular flexibility index (Phi) is 4.18. The maximum atomic E-state index is 11.5. The third-order valence-corrected chi connectivity index (χ3v) is 2.80. The van der Waals surface area contributed by atoms with Crippen molar-refractivity contribution in [2.75, 3.05) is 7.11 Å². The molecule has 0 spiro atoms. The quantitative estimate of drug-likeness (QED) is 0.768. The molecule has 0 fully saturated rings. The minimum Gasteiger partial charge on any atom is -0.496 e. The van der Waals surface area contributed by atoms with Crippen molar-refractivity contribution in [3.63, 3.8) is 0 Å². The van der Waals surface area contributed by atoms with Crippen molar-refractivity contribution < 1.29 is 14.3 Å². The largest absolute Gasteiger partial charge is 0.496 e. The van der Waals surface area contributed by atoms with E-state index in [4.69, 9.17) is 9.47 Å². The lowest BCUT2D eigenvalue weighted by molar-refractivity contribution is 0.101. The molecule has 2 rings (SSSR count). The van der Waals surface area contributed by atoms with Gasteiger partial charge in [0.05, 0.1) is 12.7 Å². The maximum Gasteiger partial charge on any atom is 0.163 e. The number of ketones is 1. The van der Waals surface area contributed by atoms with E-state index < -0.39 is 0 Å². The average Bonchev–Trinajstić information content (AvgIpc) is 2.46. The van der Waals surface area contributed by atoms with E-state index in [2.05, 4.69) is 0 Å². The Bertz CT molecular complexity index is 561. The molecule has 19 heavy (non-hydrogen) atoms. The molecule has 0 amide bonds. The summed E-state index contributed by atoms with van der Waals surface area (Å²) in [6.45, 7) is 1.99. The van der Waals surface area contributed by atoms with Crippen LogP contribution in [-0.4, -0.2) is 12.9 Å². The summed E-state index contributed by atoms with van der Waals surface area (Å²) in [7, 11) is 1.55. The average molecular weight is 256 g/mol. The summed E-state index contributed by atoms with van der Waals surface area (Å²) < 4.78 is 10.8. The molecule has 0 saturated carbocycles. The van der Waals surface area contributed by atoms with Crippen LogP contribution < -0.4 is 9.47 Å². The van der Waals surface area contributed by atoms with E-state index in [-0.39, 0.29) is 5.78 Å². The number of Topliss-reactive ketones (excluding diaryl/α,β-unsaturated/α-hetero) is 1. The summed E-state index contributed by atoms with van der Waals surface area (Å²) in [6.07, 6.45) is 0. The number of rotatable bonds is 5. The topological polar surface area (TPSA) is 35.5 Å². The van der Waals surface area contributed by atoms with Crippen LogP contribution in [0.3, 0.4) is 0 Å². The van der Waals surface area contributed by atoms with Crippen molar-refractivity contribution in [3.05, 3.63) is 59.7 Å². The van der Waals surface area contributed by atoms with Crippen molar-refractivity contribution in [1.29, 1.82) is 0 Å². The number of hydrogen-bond donors (Lipinski definition) is 0. The van der Waals surface area contributed by atoms with Crippen molar-refractivity contribution in [2.24, 2.45) is 0 Å². The molecule has 0 aliphatic rings. The van der Waals surface area contributed by atoms with Crippen LogP contribution >= 0.6 is 0 Å². The lowest BCUT2D eigenvalue weighted by atomic mass is 10.1. The van der Waals surface area contributed by atoms with E-state index in [0.29, 0.717) is 23.7 Å². The van der Waals surface area contributed by atoms with Gasteiger partial charge in [-0.15, -0.1) is 0 Å². The van der Waals surface area contributed by atoms with E-state index in [9.17, 15) is 4.79 Å². The summed E-state index contributed by atoms with van der Waals surface area (Å²) in [5.74, 6) is 1.19. The van der Waals surface area contributed by atoms with Gasteiger partial charge >= 0.3 is 0 Å². The third kappa shape index (κ3) is 3.35. The Morgan fingerprint density at radius 1 is 1.11 bits per heavy atom. The Labute approximate surface area is 112 Å². The molecule has 0 bridgehead atoms. The fourth-order valence-electron chi connectivity index (χ4n) is 1.79. The van der Waals surface area contributed by atoms with Gasteiger partial charge in [-0.05, 0) is 30.7 Å². The van der Waals surface area contributed by atoms with Crippen LogP contribution in [-0.2, 0) is 6.61 Å². The summed E-state index contributed by atoms with van der Waals surface area (Å²) in [6, 6.07) is 15.1. The number of carbonyl (C=O) groups is 1. The van der Waals surface area contributed by atoms with Gasteiger partial charge in [0.2, 0.25) is 0 Å². The van der Waals surface area contributed by atoms with Crippen LogP contribution in [0, 0.1) is 0 Å². The van der Waals surface area contributed by atoms with Crippen molar-refractivity contribution >= 4 is 5.78 Å². The van der Waals surface area contributed by atoms with Gasteiger partial charge in [-0.25, -0.2) is 0 Å². The van der Waals surface area contributed by atoms with Crippen molar-refractivity contribution in [3.8, 4) is 11.5 Å². The molecule has 0 unspecified atom stereocenters. The second kappa shape index (κ2) is 6.05. The van der Waals surface area contributed by atoms with E-state index >= 15 is 0 Å². The number of methoxy groups -OCH3 is 1. The number of carbonyl (C=O) groups excluding carboxylic acids is 1. The molecule has 0 atom stereocenters. The van der Waals surface area contributed by atoms with Crippen molar-refractivity contribution in [2.45, 2.75) is 13.5 Å². The Balaban J connectivity index is 2.13. The molecule has 2 aromatic rings. The first-order valence-electron chi connectivity index (χ1n) is 6.06. The molecule has 98 valence electrons. The van der Waals surface area contributed by atoms with Gasteiger partial charge in [-0.3, -0.25) is 4.79 Å². The number of benzene rings is 2. The predicted octanol–water partition coefficient (Wildman–Crippen LogP) is 3.48. The zero-order valence-electron chi connectivity index (χ0n) is 11.1. The molecule has 2 aromatic carbocycles. The first-order chi connectivity index (χ1) is 9.20. The maximum absolute atomic E-state index is 11.5. The van der Waals surface area contributed by atoms with Crippen LogP contribution in [0.4, 0.5) is 0 Å². The smallest absolute Gasteiger partial charge is 0.163 e. The van der Waals surface area contributed by atoms with E-state index in [0.717, 1.165) is 5.56 Å². The Hall–Kier alpha value is -2.29. The highest BCUT2D eigenvalue weighted by Gasteiger charge is 2.09. The Morgan fingerprint density at radius 3 is 2.47 bits per heavy atom. The molecular weight excluding hydrogens is 240 g/mol. The van der Waals surface area contributed by atoms with Gasteiger partial charge in [0.25, 0.3) is 0 Å². The second-order valence-electron chi connectivity index (χ2n) is 4.19. The molecule has 3 heteroatoms. The zero-order valence-corrected chi connectivity index (χ0v) is 11.1. The molecule has 3 nitrogen and oxygen atoms in total. The third-order valence-electron chi connectivity index (χ3n) is 2.80. The van der Waals surface area contributed by atoms with Crippen LogP contribution in [0.1, 0.15) is 22.8 Å². The van der Waals surface area contributed by atoms with Crippen LogP contribution in [0.25, 0.3) is 0 Å². The highest BCUT2D eigenvalue weighted by atomic mass is 16.5. The monoisotopic (exact) mass is 256 g/mol. The molecule has 0 heterocycles. The summed E-state index contributed by atoms with van der Waals surface area (Å²) >= 11 is 0. The highest BCUT2D eigenvalue weighted by Crippen LogP contribution is 2.25. The van der Waals surface area contributed by atoms with Crippen LogP contribution in [0.15, 0.2) is 48.5 Å². The lowest BCUT2D eigenvalue weighted by Gasteiger charge is -2.10. The van der Waals surface area contributed by atoms with E-state index in [1.54, 1.807) is 25.3 Å². The van der Waals surface area contributed by atoms with Gasteiger partial charge in [0.1, 0.15) is 18.1 Å². The fourth-order valence-corrected chi connectivity index (χ4v) is 1.79. The van der Waals surface area contributed by atoms with Crippen LogP contribution in [0.5, 0.6) is 11.5 Å². The molecule has 0 N–H and O–H groups in total. The number of hydrogen-bond acceptors (Lipinski definition) is 3. The van der Waals surface area contributed by atoms with Crippen molar-refractivity contribution in [1.82, 2.24) is 0 Å². The van der Waals surface area contributed by atoms with Gasteiger partial charge in [-0.1, -0.05) is 30.3 Å². The lowest BCUT2D eigenvalue weighted by Crippen LogP contribution is -2.00. The SMILES string of the molecule is COc1ccc(OCc2ccccc2)cc1C(C)=O. The zero-order chi connectivity index (χ0) is 13.7. The molecule has 0 aromatic heterocycles. The van der Waals surface area contributed by atoms with E-state index in [1.807, 2.05) is 30.3 Å². The van der Waals surface area contributed by atoms with Gasteiger partial charge < -0.3 is 9.47 Å². The van der Waals surface area contributed by atoms with Gasteiger partial charge in [-0.2, -0.15) is 0 Å². The summed E-state index contributed by atoms with van der Waals surface area (Å²) in [5.41, 5.74) is 1.62. The molecular formula is C16H16O3. The van der Waals surface area contributed by atoms with E-state index in [1.165, 1.54) is 6.92 Å². The normalized spacial score (nSPS) is 10.0. The first kappa shape index (κ1) is 13.1. The van der Waals surface area contributed by atoms with Gasteiger partial charge in [0, 0.05) is 0 Å². The molecule has 0 aliphatic carbocycles. The predicted molar refractivity (Wildman–Crippen MR) is 73.8 cm³/mol. The second-order valence-corrected chi connectivity index (χ2v) is 4.19. The summed E-state index contributed by atoms with van der Waals surface area (Å²) in [4.78, 5) is 11.5. The fraction of sp³-hybridized carbons (Fsp3) is 0.188. The van der Waals surface area contributed by atoms with Gasteiger partial charge in [0.15, 0.2) is 5.78 Å². The molecule has 0 saturated heterocycles. The number of ether oxygens (including phenoxy) is 2. The first-order valence-corrected chi connectivity index (χ1v) is 6.06. The minimum atomic E-state index is -0.0398. The highest BCUT2D eigenvalue weighted by molar-refractivity contribution is 5.97. The Morgan fingerprint density at radius 2 is 1.84 bits per heavy atom. The standard InChI is InChI=1S/C16H16O3/c1-12(17)15-10-14(8-9-16(15)18-2)19-11-13-6-4-3-5-7-13/h3-10H,11H2,1-2H3. The molecule has 0 radical (unpaired) electrons. The minimum absolute atomic E-state index is 0.0398. The molecule has 0 aliphatic heterocycles.